The fourth-order valence-electron chi connectivity index (χ4n) is 5.06. The number of fused-ring (bicyclic) bond motifs is 1. The number of hydrogen-bond donors (Lipinski definition) is 1. The fourth-order valence-corrected chi connectivity index (χ4v) is 5.06. The van der Waals surface area contributed by atoms with Gasteiger partial charge in [-0.25, -0.2) is 0 Å². The van der Waals surface area contributed by atoms with Crippen LogP contribution in [0.1, 0.15) is 48.9 Å². The molecule has 2 aliphatic rings. The Balaban J connectivity index is 1.63. The molecule has 2 fully saturated rings. The quantitative estimate of drug-likeness (QED) is 0.474. The van der Waals surface area contributed by atoms with Gasteiger partial charge in [0.15, 0.2) is 11.4 Å². The molecule has 1 aliphatic heterocycles. The van der Waals surface area contributed by atoms with E-state index in [2.05, 4.69) is 17.5 Å². The van der Waals surface area contributed by atoms with Crippen molar-refractivity contribution in [1.82, 2.24) is 5.32 Å². The van der Waals surface area contributed by atoms with Crippen LogP contribution in [0.3, 0.4) is 0 Å². The van der Waals surface area contributed by atoms with E-state index in [0.29, 0.717) is 29.8 Å². The van der Waals surface area contributed by atoms with Crippen LogP contribution in [0, 0.1) is 22.7 Å². The number of rotatable bonds is 10. The summed E-state index contributed by atoms with van der Waals surface area (Å²) in [6.07, 6.45) is -0.982. The highest BCUT2D eigenvalue weighted by Crippen LogP contribution is 2.44. The normalized spacial score (nSPS) is 25.7. The molecule has 0 radical (unpaired) electrons. The van der Waals surface area contributed by atoms with Gasteiger partial charge in [-0.3, -0.25) is 4.79 Å². The lowest BCUT2D eigenvalue weighted by Crippen LogP contribution is -2.60. The van der Waals surface area contributed by atoms with Crippen molar-refractivity contribution in [3.8, 4) is 12.1 Å². The van der Waals surface area contributed by atoms with Gasteiger partial charge in [0.25, 0.3) is 5.91 Å². The highest BCUT2D eigenvalue weighted by atomic mass is 16.8. The van der Waals surface area contributed by atoms with Crippen LogP contribution >= 0.6 is 0 Å². The van der Waals surface area contributed by atoms with Crippen LogP contribution in [0.15, 0.2) is 48.5 Å². The maximum atomic E-state index is 13.7. The predicted octanol–water partition coefficient (Wildman–Crippen LogP) is 3.35. The van der Waals surface area contributed by atoms with Crippen LogP contribution in [0.25, 0.3) is 0 Å². The van der Waals surface area contributed by atoms with Crippen molar-refractivity contribution in [2.75, 3.05) is 20.3 Å². The van der Waals surface area contributed by atoms with E-state index in [0.717, 1.165) is 5.56 Å². The Morgan fingerprint density at radius 2 is 1.63 bits per heavy atom. The van der Waals surface area contributed by atoms with E-state index in [1.807, 2.05) is 38.1 Å². The zero-order valence-corrected chi connectivity index (χ0v) is 21.9. The Morgan fingerprint density at radius 1 is 1.00 bits per heavy atom. The molecule has 200 valence electrons. The van der Waals surface area contributed by atoms with Crippen LogP contribution in [0.4, 0.5) is 0 Å². The molecule has 4 rings (SSSR count). The molecule has 9 heteroatoms. The second kappa shape index (κ2) is 12.0. The molecule has 1 unspecified atom stereocenters. The molecule has 1 amide bonds. The first-order valence-corrected chi connectivity index (χ1v) is 12.7. The maximum Gasteiger partial charge on any atom is 0.252 e. The topological polar surface area (TPSA) is 123 Å². The van der Waals surface area contributed by atoms with Crippen LogP contribution in [0.2, 0.25) is 0 Å². The summed E-state index contributed by atoms with van der Waals surface area (Å²) < 4.78 is 30.3. The number of carbonyl (C=O) groups excluding carboxylic acids is 1. The molecule has 1 aliphatic carbocycles. The van der Waals surface area contributed by atoms with Gasteiger partial charge in [0.05, 0.1) is 55.3 Å². The molecule has 4 atom stereocenters. The molecule has 0 aromatic heterocycles. The summed E-state index contributed by atoms with van der Waals surface area (Å²) >= 11 is 0. The Morgan fingerprint density at radius 3 is 2.26 bits per heavy atom. The monoisotopic (exact) mass is 519 g/mol. The molecule has 1 heterocycles. The van der Waals surface area contributed by atoms with Crippen LogP contribution in [-0.4, -0.2) is 55.9 Å². The first-order chi connectivity index (χ1) is 18.3. The van der Waals surface area contributed by atoms with E-state index in [9.17, 15) is 15.3 Å². The molecule has 0 bridgehead atoms. The average molecular weight is 520 g/mol. The van der Waals surface area contributed by atoms with Crippen LogP contribution < -0.4 is 5.32 Å². The van der Waals surface area contributed by atoms with Crippen LogP contribution in [-0.2, 0) is 41.7 Å². The summed E-state index contributed by atoms with van der Waals surface area (Å²) in [5.74, 6) is -1.17. The van der Waals surface area contributed by atoms with E-state index in [4.69, 9.17) is 23.7 Å². The minimum absolute atomic E-state index is 0.0626. The Labute approximate surface area is 223 Å². The van der Waals surface area contributed by atoms with E-state index in [1.165, 1.54) is 0 Å². The van der Waals surface area contributed by atoms with Gasteiger partial charge in [-0.2, -0.15) is 10.5 Å². The number of nitriles is 2. The highest BCUT2D eigenvalue weighted by molar-refractivity contribution is 5.85. The van der Waals surface area contributed by atoms with E-state index in [1.54, 1.807) is 31.4 Å². The standard InChI is InChI=1S/C29H33N3O6/c1-28(2)37-25-15-29(27(33)32-12-13-34-3,36-19-23-11-7-5-9-21(23)17-31)14-24(26(25)38-28)35-18-22-10-6-4-8-20(22)16-30/h4-11,24-26H,12-15,18-19H2,1-3H3,(H,32,33)/t24?,25-,26+,29-/m1/s1. The van der Waals surface area contributed by atoms with Gasteiger partial charge in [0.2, 0.25) is 0 Å². The van der Waals surface area contributed by atoms with Crippen molar-refractivity contribution >= 4 is 5.91 Å². The lowest BCUT2D eigenvalue weighted by molar-refractivity contribution is -0.183. The molecule has 2 aromatic rings. The molecule has 1 saturated heterocycles. The largest absolute Gasteiger partial charge is 0.383 e. The van der Waals surface area contributed by atoms with Gasteiger partial charge in [-0.05, 0) is 37.1 Å². The van der Waals surface area contributed by atoms with Gasteiger partial charge in [-0.15, -0.1) is 0 Å². The number of methoxy groups -OCH3 is 1. The first kappa shape index (κ1) is 27.7. The van der Waals surface area contributed by atoms with Crippen molar-refractivity contribution in [3.05, 3.63) is 70.8 Å². The number of nitrogens with zero attached hydrogens (tertiary/aromatic N) is 2. The molecular formula is C29H33N3O6. The summed E-state index contributed by atoms with van der Waals surface area (Å²) in [5.41, 5.74) is 1.14. The Bertz CT molecular complexity index is 1220. The number of ether oxygens (including phenoxy) is 5. The summed E-state index contributed by atoms with van der Waals surface area (Å²) in [6.45, 7) is 4.55. The molecule has 2 aromatic carbocycles. The number of hydrogen-bond acceptors (Lipinski definition) is 8. The third-order valence-corrected chi connectivity index (χ3v) is 6.89. The van der Waals surface area contributed by atoms with Crippen molar-refractivity contribution in [3.63, 3.8) is 0 Å². The highest BCUT2D eigenvalue weighted by Gasteiger charge is 2.58. The second-order valence-electron chi connectivity index (χ2n) is 9.97. The lowest BCUT2D eigenvalue weighted by atomic mass is 9.78. The maximum absolute atomic E-state index is 13.7. The molecule has 9 nitrogen and oxygen atoms in total. The summed E-state index contributed by atoms with van der Waals surface area (Å²) in [5, 5.41) is 22.0. The first-order valence-electron chi connectivity index (χ1n) is 12.7. The number of carbonyl (C=O) groups is 1. The van der Waals surface area contributed by atoms with Crippen molar-refractivity contribution < 1.29 is 28.5 Å². The molecular weight excluding hydrogens is 486 g/mol. The Kier molecular flexibility index (Phi) is 8.78. The van der Waals surface area contributed by atoms with Crippen molar-refractivity contribution in [2.24, 2.45) is 0 Å². The number of nitrogens with one attached hydrogen (secondary N) is 1. The van der Waals surface area contributed by atoms with Gasteiger partial charge in [-0.1, -0.05) is 36.4 Å². The van der Waals surface area contributed by atoms with E-state index in [-0.39, 0.29) is 32.0 Å². The summed E-state index contributed by atoms with van der Waals surface area (Å²) in [7, 11) is 1.57. The summed E-state index contributed by atoms with van der Waals surface area (Å²) in [6, 6.07) is 18.8. The smallest absolute Gasteiger partial charge is 0.252 e. The number of amides is 1. The average Bonchev–Trinajstić information content (AvgIpc) is 3.24. The third-order valence-electron chi connectivity index (χ3n) is 6.89. The molecule has 1 saturated carbocycles. The fraction of sp³-hybridized carbons (Fsp3) is 0.483. The van der Waals surface area contributed by atoms with Gasteiger partial charge in [0.1, 0.15) is 6.10 Å². The summed E-state index contributed by atoms with van der Waals surface area (Å²) in [4.78, 5) is 13.7. The van der Waals surface area contributed by atoms with Gasteiger partial charge >= 0.3 is 0 Å². The Hall–Kier alpha value is -3.31. The van der Waals surface area contributed by atoms with Crippen LogP contribution in [0.5, 0.6) is 0 Å². The van der Waals surface area contributed by atoms with Gasteiger partial charge in [0, 0.05) is 26.5 Å². The van der Waals surface area contributed by atoms with Gasteiger partial charge < -0.3 is 29.0 Å². The van der Waals surface area contributed by atoms with Crippen molar-refractivity contribution in [1.29, 1.82) is 10.5 Å². The predicted molar refractivity (Wildman–Crippen MR) is 136 cm³/mol. The SMILES string of the molecule is COCCNC(=O)[C@@]1(OCc2ccccc2C#N)CC(OCc2ccccc2C#N)[C@@H]2OC(C)(C)O[C@@H]2C1. The minimum Gasteiger partial charge on any atom is -0.383 e. The van der Waals surface area contributed by atoms with Crippen molar-refractivity contribution in [2.45, 2.75) is 69.6 Å². The van der Waals surface area contributed by atoms with E-state index < -0.39 is 29.7 Å². The minimum atomic E-state index is -1.30. The molecule has 1 N–H and O–H groups in total. The zero-order valence-electron chi connectivity index (χ0n) is 21.9. The second-order valence-corrected chi connectivity index (χ2v) is 9.97. The van der Waals surface area contributed by atoms with E-state index >= 15 is 0 Å². The molecule has 0 spiro atoms. The zero-order chi connectivity index (χ0) is 27.2. The molecule has 38 heavy (non-hydrogen) atoms. The number of benzene rings is 2. The lowest BCUT2D eigenvalue weighted by Gasteiger charge is -2.43. The third kappa shape index (κ3) is 6.21.